The average molecular weight is 296 g/mol. The maximum Gasteiger partial charge on any atom is 0.0217 e. The molecule has 4 atom stereocenters. The van der Waals surface area contributed by atoms with Crippen LogP contribution in [0.5, 0.6) is 0 Å². The van der Waals surface area contributed by atoms with Crippen LogP contribution in [-0.2, 0) is 0 Å². The highest BCUT2D eigenvalue weighted by molar-refractivity contribution is 4.93. The summed E-state index contributed by atoms with van der Waals surface area (Å²) < 4.78 is 0. The average Bonchev–Trinajstić information content (AvgIpc) is 2.92. The Bertz CT molecular complexity index is 284. The molecule has 3 heteroatoms. The Balaban J connectivity index is 1.82. The van der Waals surface area contributed by atoms with Gasteiger partial charge in [-0.15, -0.1) is 0 Å². The van der Waals surface area contributed by atoms with Crippen LogP contribution in [0.15, 0.2) is 0 Å². The van der Waals surface area contributed by atoms with E-state index in [0.29, 0.717) is 6.04 Å². The first-order chi connectivity index (χ1) is 10.1. The molecule has 2 fully saturated rings. The molecular formula is C18H37N3. The van der Waals surface area contributed by atoms with Gasteiger partial charge in [-0.25, -0.2) is 0 Å². The van der Waals surface area contributed by atoms with Crippen molar-refractivity contribution in [3.05, 3.63) is 0 Å². The summed E-state index contributed by atoms with van der Waals surface area (Å²) in [5, 5.41) is 7.72. The zero-order chi connectivity index (χ0) is 15.2. The van der Waals surface area contributed by atoms with E-state index >= 15 is 0 Å². The van der Waals surface area contributed by atoms with Gasteiger partial charge < -0.3 is 15.5 Å². The first kappa shape index (κ1) is 17.2. The van der Waals surface area contributed by atoms with Crippen LogP contribution in [-0.4, -0.2) is 50.2 Å². The van der Waals surface area contributed by atoms with Crippen LogP contribution in [0.2, 0.25) is 0 Å². The van der Waals surface area contributed by atoms with Gasteiger partial charge in [-0.05, 0) is 64.6 Å². The molecule has 0 aromatic heterocycles. The molecule has 0 aromatic carbocycles. The summed E-state index contributed by atoms with van der Waals surface area (Å²) in [5.41, 5.74) is 0. The van der Waals surface area contributed by atoms with Crippen LogP contribution in [0.4, 0.5) is 0 Å². The van der Waals surface area contributed by atoms with Crippen molar-refractivity contribution in [1.29, 1.82) is 0 Å². The zero-order valence-corrected chi connectivity index (χ0v) is 14.7. The molecule has 3 nitrogen and oxygen atoms in total. The van der Waals surface area contributed by atoms with Crippen LogP contribution in [0.1, 0.15) is 58.8 Å². The van der Waals surface area contributed by atoms with E-state index in [0.717, 1.165) is 30.5 Å². The minimum absolute atomic E-state index is 0.672. The number of likely N-dealkylation sites (N-methyl/N-ethyl adjacent to an activating group) is 1. The second-order valence-corrected chi connectivity index (χ2v) is 7.91. The molecule has 21 heavy (non-hydrogen) atoms. The second-order valence-electron chi connectivity index (χ2n) is 7.91. The highest BCUT2D eigenvalue weighted by atomic mass is 15.1. The molecule has 1 aliphatic carbocycles. The standard InChI is InChI=1S/C18H37N3/c1-14(2)12-15(21(3)4)13-20-18-10-7-8-16(18)17-9-5-6-11-19-17/h14-20H,5-13H2,1-4H3. The van der Waals surface area contributed by atoms with Crippen molar-refractivity contribution in [2.75, 3.05) is 27.2 Å². The monoisotopic (exact) mass is 295 g/mol. The third kappa shape index (κ3) is 5.22. The lowest BCUT2D eigenvalue weighted by molar-refractivity contribution is 0.215. The van der Waals surface area contributed by atoms with Crippen LogP contribution < -0.4 is 10.6 Å². The van der Waals surface area contributed by atoms with Gasteiger partial charge in [0.15, 0.2) is 0 Å². The third-order valence-corrected chi connectivity index (χ3v) is 5.52. The fraction of sp³-hybridized carbons (Fsp3) is 1.00. The molecule has 0 radical (unpaired) electrons. The lowest BCUT2D eigenvalue weighted by Crippen LogP contribution is -2.49. The van der Waals surface area contributed by atoms with Crippen LogP contribution >= 0.6 is 0 Å². The van der Waals surface area contributed by atoms with E-state index in [1.54, 1.807) is 0 Å². The molecule has 0 amide bonds. The molecule has 1 heterocycles. The molecule has 1 saturated heterocycles. The topological polar surface area (TPSA) is 27.3 Å². The Hall–Kier alpha value is -0.120. The fourth-order valence-corrected chi connectivity index (χ4v) is 4.28. The predicted molar refractivity (Wildman–Crippen MR) is 91.7 cm³/mol. The maximum absolute atomic E-state index is 3.93. The molecule has 2 rings (SSSR count). The van der Waals surface area contributed by atoms with Gasteiger partial charge >= 0.3 is 0 Å². The van der Waals surface area contributed by atoms with Crippen LogP contribution in [0.3, 0.4) is 0 Å². The summed E-state index contributed by atoms with van der Waals surface area (Å²) in [7, 11) is 4.45. The van der Waals surface area contributed by atoms with E-state index in [2.05, 4.69) is 43.5 Å². The Kier molecular flexibility index (Phi) is 6.97. The van der Waals surface area contributed by atoms with Crippen molar-refractivity contribution < 1.29 is 0 Å². The van der Waals surface area contributed by atoms with Crippen molar-refractivity contribution in [3.8, 4) is 0 Å². The first-order valence-electron chi connectivity index (χ1n) is 9.21. The van der Waals surface area contributed by atoms with Crippen molar-refractivity contribution in [1.82, 2.24) is 15.5 Å². The predicted octanol–water partition coefficient (Wildman–Crippen LogP) is 2.86. The van der Waals surface area contributed by atoms with Crippen molar-refractivity contribution in [3.63, 3.8) is 0 Å². The summed E-state index contributed by atoms with van der Waals surface area (Å²) in [6.45, 7) is 7.06. The van der Waals surface area contributed by atoms with Gasteiger partial charge in [0.1, 0.15) is 0 Å². The van der Waals surface area contributed by atoms with Crippen molar-refractivity contribution in [2.24, 2.45) is 11.8 Å². The summed E-state index contributed by atoms with van der Waals surface area (Å²) in [6.07, 6.45) is 9.70. The van der Waals surface area contributed by atoms with Gasteiger partial charge in [0.2, 0.25) is 0 Å². The zero-order valence-electron chi connectivity index (χ0n) is 14.7. The molecule has 124 valence electrons. The fourth-order valence-electron chi connectivity index (χ4n) is 4.28. The summed E-state index contributed by atoms with van der Waals surface area (Å²) in [5.74, 6) is 1.64. The second kappa shape index (κ2) is 8.50. The highest BCUT2D eigenvalue weighted by Crippen LogP contribution is 2.31. The van der Waals surface area contributed by atoms with Gasteiger partial charge in [-0.1, -0.05) is 26.7 Å². The number of rotatable bonds is 7. The van der Waals surface area contributed by atoms with Gasteiger partial charge in [0.25, 0.3) is 0 Å². The van der Waals surface area contributed by atoms with Gasteiger partial charge in [0.05, 0.1) is 0 Å². The summed E-state index contributed by atoms with van der Waals surface area (Å²) >= 11 is 0. The molecule has 2 N–H and O–H groups in total. The number of hydrogen-bond donors (Lipinski definition) is 2. The first-order valence-corrected chi connectivity index (χ1v) is 9.21. The summed E-state index contributed by atoms with van der Waals surface area (Å²) in [4.78, 5) is 2.40. The lowest BCUT2D eigenvalue weighted by Gasteiger charge is -2.35. The van der Waals surface area contributed by atoms with E-state index in [4.69, 9.17) is 0 Å². The van der Waals surface area contributed by atoms with E-state index in [-0.39, 0.29) is 0 Å². The number of nitrogens with one attached hydrogen (secondary N) is 2. The van der Waals surface area contributed by atoms with Gasteiger partial charge in [-0.2, -0.15) is 0 Å². The summed E-state index contributed by atoms with van der Waals surface area (Å²) in [6, 6.07) is 2.20. The molecule has 0 spiro atoms. The molecule has 4 unspecified atom stereocenters. The van der Waals surface area contributed by atoms with Crippen LogP contribution in [0, 0.1) is 11.8 Å². The van der Waals surface area contributed by atoms with Gasteiger partial charge in [-0.3, -0.25) is 0 Å². The highest BCUT2D eigenvalue weighted by Gasteiger charge is 2.34. The molecule has 0 aromatic rings. The van der Waals surface area contributed by atoms with E-state index in [9.17, 15) is 0 Å². The van der Waals surface area contributed by atoms with Crippen molar-refractivity contribution >= 4 is 0 Å². The largest absolute Gasteiger partial charge is 0.314 e. The number of hydrogen-bond acceptors (Lipinski definition) is 3. The smallest absolute Gasteiger partial charge is 0.0217 e. The Morgan fingerprint density at radius 1 is 1.10 bits per heavy atom. The SMILES string of the molecule is CC(C)CC(CNC1CCCC1C1CCCCN1)N(C)C. The minimum Gasteiger partial charge on any atom is -0.314 e. The normalized spacial score (nSPS) is 32.0. The quantitative estimate of drug-likeness (QED) is 0.756. The molecular weight excluding hydrogens is 258 g/mol. The van der Waals surface area contributed by atoms with E-state index in [1.165, 1.54) is 51.5 Å². The van der Waals surface area contributed by atoms with E-state index < -0.39 is 0 Å². The third-order valence-electron chi connectivity index (χ3n) is 5.52. The number of nitrogens with zero attached hydrogens (tertiary/aromatic N) is 1. The Labute approximate surface area is 132 Å². The lowest BCUT2D eigenvalue weighted by atomic mass is 9.88. The van der Waals surface area contributed by atoms with E-state index in [1.807, 2.05) is 0 Å². The molecule has 1 aliphatic heterocycles. The number of piperidine rings is 1. The molecule has 2 aliphatic rings. The molecule has 0 bridgehead atoms. The maximum atomic E-state index is 3.93. The molecule has 1 saturated carbocycles. The van der Waals surface area contributed by atoms with Crippen LogP contribution in [0.25, 0.3) is 0 Å². The minimum atomic E-state index is 0.672. The van der Waals surface area contributed by atoms with Gasteiger partial charge in [0, 0.05) is 24.7 Å². The Morgan fingerprint density at radius 2 is 1.90 bits per heavy atom. The van der Waals surface area contributed by atoms with Crippen molar-refractivity contribution in [2.45, 2.75) is 76.9 Å². The Morgan fingerprint density at radius 3 is 2.52 bits per heavy atom.